The summed E-state index contributed by atoms with van der Waals surface area (Å²) in [5, 5.41) is 2.95. The van der Waals surface area contributed by atoms with Crippen molar-refractivity contribution in [1.29, 1.82) is 0 Å². The minimum atomic E-state index is -3.56. The van der Waals surface area contributed by atoms with E-state index in [9.17, 15) is 13.2 Å². The number of hydrogen-bond acceptors (Lipinski definition) is 5. The third-order valence-corrected chi connectivity index (χ3v) is 8.34. The Hall–Kier alpha value is -1.29. The minimum Gasteiger partial charge on any atom is -0.348 e. The largest absolute Gasteiger partial charge is 0.348 e. The van der Waals surface area contributed by atoms with Crippen molar-refractivity contribution in [2.24, 2.45) is 5.92 Å². The number of thiophene rings is 1. The molecule has 26 heavy (non-hydrogen) atoms. The van der Waals surface area contributed by atoms with Gasteiger partial charge in [0.25, 0.3) is 10.0 Å². The lowest BCUT2D eigenvalue weighted by atomic mass is 9.98. The average molecular weight is 458 g/mol. The third kappa shape index (κ3) is 4.33. The molecule has 1 N–H and O–H groups in total. The zero-order valence-electron chi connectivity index (χ0n) is 14.3. The Labute approximate surface area is 165 Å². The molecule has 2 aromatic heterocycles. The van der Waals surface area contributed by atoms with Crippen molar-refractivity contribution >= 4 is 43.2 Å². The van der Waals surface area contributed by atoms with Crippen LogP contribution in [0.3, 0.4) is 0 Å². The molecule has 2 aromatic rings. The zero-order valence-corrected chi connectivity index (χ0v) is 17.5. The first kappa shape index (κ1) is 19.5. The Morgan fingerprint density at radius 2 is 2.19 bits per heavy atom. The number of pyridine rings is 1. The average Bonchev–Trinajstić information content (AvgIpc) is 3.10. The second-order valence-electron chi connectivity index (χ2n) is 6.25. The van der Waals surface area contributed by atoms with Crippen LogP contribution in [-0.2, 0) is 14.8 Å². The summed E-state index contributed by atoms with van der Waals surface area (Å²) >= 11 is 4.48. The lowest BCUT2D eigenvalue weighted by molar-refractivity contribution is -0.126. The summed E-state index contributed by atoms with van der Waals surface area (Å²) < 4.78 is 28.1. The standard InChI is InChI=1S/C17H20BrN3O3S2/c1-12(14-6-2-3-9-19-14)20-17(22)13-5-4-10-21(11-13)26(23,24)16-8-7-15(18)25-16/h2-3,6-9,12-13H,4-5,10-11H2,1H3,(H,20,22)/t12-,13+/m0/s1. The third-order valence-electron chi connectivity index (χ3n) is 4.39. The van der Waals surface area contributed by atoms with Gasteiger partial charge >= 0.3 is 0 Å². The molecular formula is C17H20BrN3O3S2. The summed E-state index contributed by atoms with van der Waals surface area (Å²) in [6.45, 7) is 2.52. The number of carbonyl (C=O) groups excluding carboxylic acids is 1. The zero-order chi connectivity index (χ0) is 18.7. The molecule has 6 nitrogen and oxygen atoms in total. The molecule has 140 valence electrons. The summed E-state index contributed by atoms with van der Waals surface area (Å²) in [5.41, 5.74) is 0.782. The van der Waals surface area contributed by atoms with Crippen LogP contribution in [-0.4, -0.2) is 36.7 Å². The van der Waals surface area contributed by atoms with Crippen LogP contribution in [0.4, 0.5) is 0 Å². The smallest absolute Gasteiger partial charge is 0.252 e. The topological polar surface area (TPSA) is 79.4 Å². The van der Waals surface area contributed by atoms with Gasteiger partial charge in [0.2, 0.25) is 5.91 Å². The lowest BCUT2D eigenvalue weighted by Gasteiger charge is -2.31. The molecule has 3 rings (SSSR count). The summed E-state index contributed by atoms with van der Waals surface area (Å²) in [4.78, 5) is 16.9. The van der Waals surface area contributed by atoms with Crippen LogP contribution in [0.1, 0.15) is 31.5 Å². The second kappa shape index (κ2) is 8.16. The molecule has 3 heterocycles. The summed E-state index contributed by atoms with van der Waals surface area (Å²) in [6.07, 6.45) is 3.04. The van der Waals surface area contributed by atoms with Crippen LogP contribution in [0.25, 0.3) is 0 Å². The van der Waals surface area contributed by atoms with E-state index in [4.69, 9.17) is 0 Å². The molecule has 0 aliphatic carbocycles. The quantitative estimate of drug-likeness (QED) is 0.747. The maximum absolute atomic E-state index is 12.8. The number of nitrogens with one attached hydrogen (secondary N) is 1. The molecule has 1 aliphatic heterocycles. The van der Waals surface area contributed by atoms with Crippen molar-refractivity contribution in [3.63, 3.8) is 0 Å². The number of halogens is 1. The monoisotopic (exact) mass is 457 g/mol. The Morgan fingerprint density at radius 3 is 2.85 bits per heavy atom. The first-order chi connectivity index (χ1) is 12.4. The van der Waals surface area contributed by atoms with Gasteiger partial charge in [0, 0.05) is 19.3 Å². The van der Waals surface area contributed by atoms with E-state index in [0.717, 1.165) is 9.48 Å². The number of nitrogens with zero attached hydrogens (tertiary/aromatic N) is 2. The summed E-state index contributed by atoms with van der Waals surface area (Å²) in [6, 6.07) is 8.65. The van der Waals surface area contributed by atoms with E-state index in [1.54, 1.807) is 18.3 Å². The highest BCUT2D eigenvalue weighted by atomic mass is 79.9. The predicted molar refractivity (Wildman–Crippen MR) is 104 cm³/mol. The van der Waals surface area contributed by atoms with Gasteiger partial charge in [-0.05, 0) is 60.0 Å². The highest BCUT2D eigenvalue weighted by molar-refractivity contribution is 9.11. The molecule has 0 saturated carbocycles. The number of rotatable bonds is 5. The van der Waals surface area contributed by atoms with Crippen molar-refractivity contribution in [3.05, 3.63) is 46.0 Å². The van der Waals surface area contributed by atoms with Crippen LogP contribution >= 0.6 is 27.3 Å². The van der Waals surface area contributed by atoms with E-state index in [1.807, 2.05) is 25.1 Å². The lowest BCUT2D eigenvalue weighted by Crippen LogP contribution is -2.45. The van der Waals surface area contributed by atoms with Gasteiger partial charge in [0.1, 0.15) is 4.21 Å². The maximum Gasteiger partial charge on any atom is 0.252 e. The predicted octanol–water partition coefficient (Wildman–Crippen LogP) is 3.18. The second-order valence-corrected chi connectivity index (χ2v) is 10.9. The van der Waals surface area contributed by atoms with Gasteiger partial charge in [-0.2, -0.15) is 4.31 Å². The van der Waals surface area contributed by atoms with Crippen molar-refractivity contribution < 1.29 is 13.2 Å². The van der Waals surface area contributed by atoms with E-state index in [0.29, 0.717) is 23.6 Å². The van der Waals surface area contributed by atoms with E-state index < -0.39 is 10.0 Å². The molecule has 1 aliphatic rings. The maximum atomic E-state index is 12.8. The molecular weight excluding hydrogens is 438 g/mol. The molecule has 0 radical (unpaired) electrons. The molecule has 0 unspecified atom stereocenters. The Bertz CT molecular complexity index is 870. The van der Waals surface area contributed by atoms with Crippen LogP contribution in [0.2, 0.25) is 0 Å². The van der Waals surface area contributed by atoms with Crippen LogP contribution in [0.15, 0.2) is 44.5 Å². The Balaban J connectivity index is 1.67. The van der Waals surface area contributed by atoms with Crippen molar-refractivity contribution in [3.8, 4) is 0 Å². The molecule has 9 heteroatoms. The van der Waals surface area contributed by atoms with Crippen LogP contribution in [0, 0.1) is 5.92 Å². The first-order valence-electron chi connectivity index (χ1n) is 8.34. The van der Waals surface area contributed by atoms with E-state index >= 15 is 0 Å². The highest BCUT2D eigenvalue weighted by Gasteiger charge is 2.34. The number of amides is 1. The molecule has 1 saturated heterocycles. The Morgan fingerprint density at radius 1 is 1.38 bits per heavy atom. The first-order valence-corrected chi connectivity index (χ1v) is 11.4. The normalized spacial score (nSPS) is 19.8. The van der Waals surface area contributed by atoms with E-state index in [1.165, 1.54) is 15.6 Å². The van der Waals surface area contributed by atoms with Crippen LogP contribution in [0.5, 0.6) is 0 Å². The molecule has 0 aromatic carbocycles. The molecule has 0 bridgehead atoms. The van der Waals surface area contributed by atoms with Gasteiger partial charge in [-0.15, -0.1) is 11.3 Å². The van der Waals surface area contributed by atoms with Gasteiger partial charge < -0.3 is 5.32 Å². The molecule has 1 amide bonds. The SMILES string of the molecule is C[C@H](NC(=O)[C@@H]1CCCN(S(=O)(=O)c2ccc(Br)s2)C1)c1ccccn1. The van der Waals surface area contributed by atoms with Gasteiger partial charge in [-0.3, -0.25) is 9.78 Å². The fraction of sp³-hybridized carbons (Fsp3) is 0.412. The molecule has 1 fully saturated rings. The van der Waals surface area contributed by atoms with Gasteiger partial charge in [-0.25, -0.2) is 8.42 Å². The van der Waals surface area contributed by atoms with E-state index in [-0.39, 0.29) is 24.4 Å². The number of hydrogen-bond donors (Lipinski definition) is 1. The number of piperidine rings is 1. The summed E-state index contributed by atoms with van der Waals surface area (Å²) in [7, 11) is -3.56. The van der Waals surface area contributed by atoms with Crippen molar-refractivity contribution in [2.45, 2.75) is 30.0 Å². The highest BCUT2D eigenvalue weighted by Crippen LogP contribution is 2.31. The molecule has 2 atom stereocenters. The van der Waals surface area contributed by atoms with Gasteiger partial charge in [-0.1, -0.05) is 6.07 Å². The molecule has 0 spiro atoms. The van der Waals surface area contributed by atoms with Gasteiger partial charge in [0.15, 0.2) is 0 Å². The number of carbonyl (C=O) groups is 1. The van der Waals surface area contributed by atoms with Crippen molar-refractivity contribution in [1.82, 2.24) is 14.6 Å². The van der Waals surface area contributed by atoms with Gasteiger partial charge in [0.05, 0.1) is 21.4 Å². The Kier molecular flexibility index (Phi) is 6.11. The van der Waals surface area contributed by atoms with Crippen LogP contribution < -0.4 is 5.32 Å². The fourth-order valence-corrected chi connectivity index (χ4v) is 6.66. The number of aromatic nitrogens is 1. The number of sulfonamides is 1. The summed E-state index contributed by atoms with van der Waals surface area (Å²) in [5.74, 6) is -0.483. The fourth-order valence-electron chi connectivity index (χ4n) is 2.98. The van der Waals surface area contributed by atoms with Crippen molar-refractivity contribution in [2.75, 3.05) is 13.1 Å². The minimum absolute atomic E-state index is 0.129. The van der Waals surface area contributed by atoms with E-state index in [2.05, 4.69) is 26.2 Å².